The molecule has 0 unspecified atom stereocenters. The SMILES string of the molecule is CC(C)C(=O)N(C)CCc1noc(-c2ccc(C(=O)N3CCCC3)cc2)n1. The van der Waals surface area contributed by atoms with Gasteiger partial charge in [-0.3, -0.25) is 9.59 Å². The van der Waals surface area contributed by atoms with E-state index in [1.54, 1.807) is 24.1 Å². The van der Waals surface area contributed by atoms with Gasteiger partial charge < -0.3 is 14.3 Å². The second kappa shape index (κ2) is 8.33. The lowest BCUT2D eigenvalue weighted by Gasteiger charge is -2.18. The van der Waals surface area contributed by atoms with Gasteiger partial charge in [0.05, 0.1) is 0 Å². The van der Waals surface area contributed by atoms with Crippen molar-refractivity contribution in [3.05, 3.63) is 35.7 Å². The van der Waals surface area contributed by atoms with E-state index in [1.165, 1.54) is 0 Å². The molecule has 0 bridgehead atoms. The number of likely N-dealkylation sites (N-methyl/N-ethyl adjacent to an activating group) is 1. The van der Waals surface area contributed by atoms with E-state index in [9.17, 15) is 9.59 Å². The van der Waals surface area contributed by atoms with Crippen molar-refractivity contribution in [1.82, 2.24) is 19.9 Å². The van der Waals surface area contributed by atoms with Crippen LogP contribution in [0.2, 0.25) is 0 Å². The third-order valence-corrected chi connectivity index (χ3v) is 4.78. The maximum atomic E-state index is 12.4. The van der Waals surface area contributed by atoms with Crippen LogP contribution in [0.1, 0.15) is 42.9 Å². The number of aromatic nitrogens is 2. The molecule has 2 heterocycles. The van der Waals surface area contributed by atoms with Crippen LogP contribution in [-0.2, 0) is 11.2 Å². The molecule has 1 aliphatic rings. The van der Waals surface area contributed by atoms with Crippen molar-refractivity contribution in [3.8, 4) is 11.5 Å². The summed E-state index contributed by atoms with van der Waals surface area (Å²) in [5.41, 5.74) is 1.45. The summed E-state index contributed by atoms with van der Waals surface area (Å²) in [6.07, 6.45) is 2.68. The fourth-order valence-electron chi connectivity index (χ4n) is 3.15. The third kappa shape index (κ3) is 4.53. The molecule has 1 aliphatic heterocycles. The Morgan fingerprint density at radius 1 is 1.19 bits per heavy atom. The molecule has 0 N–H and O–H groups in total. The van der Waals surface area contributed by atoms with Gasteiger partial charge in [-0.1, -0.05) is 19.0 Å². The minimum absolute atomic E-state index is 0.0300. The molecule has 0 atom stereocenters. The van der Waals surface area contributed by atoms with Gasteiger partial charge in [-0.15, -0.1) is 0 Å². The summed E-state index contributed by atoms with van der Waals surface area (Å²) < 4.78 is 5.33. The maximum Gasteiger partial charge on any atom is 0.257 e. The molecule has 7 nitrogen and oxygen atoms in total. The Hall–Kier alpha value is -2.70. The first kappa shape index (κ1) is 19.1. The maximum absolute atomic E-state index is 12.4. The lowest BCUT2D eigenvalue weighted by Crippen LogP contribution is -2.32. The normalized spacial score (nSPS) is 14.0. The lowest BCUT2D eigenvalue weighted by molar-refractivity contribution is -0.133. The molecule has 144 valence electrons. The smallest absolute Gasteiger partial charge is 0.257 e. The molecule has 1 fully saturated rings. The van der Waals surface area contributed by atoms with Crippen molar-refractivity contribution >= 4 is 11.8 Å². The molecule has 1 saturated heterocycles. The highest BCUT2D eigenvalue weighted by atomic mass is 16.5. The second-order valence-corrected chi connectivity index (χ2v) is 7.26. The molecular weight excluding hydrogens is 344 g/mol. The van der Waals surface area contributed by atoms with Crippen molar-refractivity contribution < 1.29 is 14.1 Å². The molecule has 2 aromatic rings. The predicted octanol–water partition coefficient (Wildman–Crippen LogP) is 2.63. The molecular formula is C20H26N4O3. The van der Waals surface area contributed by atoms with Gasteiger partial charge in [0, 0.05) is 50.1 Å². The first-order valence-corrected chi connectivity index (χ1v) is 9.43. The minimum Gasteiger partial charge on any atom is -0.345 e. The van der Waals surface area contributed by atoms with E-state index < -0.39 is 0 Å². The summed E-state index contributed by atoms with van der Waals surface area (Å²) in [7, 11) is 1.78. The van der Waals surface area contributed by atoms with Crippen LogP contribution in [0.3, 0.4) is 0 Å². The molecule has 1 aromatic heterocycles. The van der Waals surface area contributed by atoms with E-state index in [4.69, 9.17) is 4.52 Å². The monoisotopic (exact) mass is 370 g/mol. The fourth-order valence-corrected chi connectivity index (χ4v) is 3.15. The number of hydrogen-bond acceptors (Lipinski definition) is 5. The summed E-state index contributed by atoms with van der Waals surface area (Å²) in [5, 5.41) is 3.99. The zero-order chi connectivity index (χ0) is 19.4. The van der Waals surface area contributed by atoms with Gasteiger partial charge in [-0.05, 0) is 37.1 Å². The van der Waals surface area contributed by atoms with Crippen LogP contribution >= 0.6 is 0 Å². The number of amides is 2. The number of carbonyl (C=O) groups is 2. The Balaban J connectivity index is 1.61. The molecule has 7 heteroatoms. The summed E-state index contributed by atoms with van der Waals surface area (Å²) in [6, 6.07) is 7.26. The summed E-state index contributed by atoms with van der Waals surface area (Å²) in [4.78, 5) is 32.3. The van der Waals surface area contributed by atoms with E-state index in [-0.39, 0.29) is 17.7 Å². The van der Waals surface area contributed by atoms with Crippen molar-refractivity contribution in [2.75, 3.05) is 26.7 Å². The van der Waals surface area contributed by atoms with E-state index in [0.29, 0.717) is 30.2 Å². The minimum atomic E-state index is -0.0300. The Morgan fingerprint density at radius 3 is 2.48 bits per heavy atom. The number of rotatable bonds is 6. The van der Waals surface area contributed by atoms with Crippen molar-refractivity contribution in [2.45, 2.75) is 33.1 Å². The lowest BCUT2D eigenvalue weighted by atomic mass is 10.1. The van der Waals surface area contributed by atoms with Crippen molar-refractivity contribution in [2.24, 2.45) is 5.92 Å². The van der Waals surface area contributed by atoms with E-state index in [2.05, 4.69) is 10.1 Å². The Bertz CT molecular complexity index is 792. The van der Waals surface area contributed by atoms with Gasteiger partial charge in [0.25, 0.3) is 11.8 Å². The van der Waals surface area contributed by atoms with E-state index in [1.807, 2.05) is 30.9 Å². The average Bonchev–Trinajstić information content (AvgIpc) is 3.37. The van der Waals surface area contributed by atoms with Gasteiger partial charge in [-0.25, -0.2) is 0 Å². The first-order chi connectivity index (χ1) is 13.0. The number of likely N-dealkylation sites (tertiary alicyclic amines) is 1. The summed E-state index contributed by atoms with van der Waals surface area (Å²) >= 11 is 0. The number of benzene rings is 1. The Labute approximate surface area is 159 Å². The Kier molecular flexibility index (Phi) is 5.88. The molecule has 27 heavy (non-hydrogen) atoms. The van der Waals surface area contributed by atoms with Crippen LogP contribution < -0.4 is 0 Å². The number of hydrogen-bond donors (Lipinski definition) is 0. The van der Waals surface area contributed by atoms with Gasteiger partial charge in [0.15, 0.2) is 5.82 Å². The number of carbonyl (C=O) groups excluding carboxylic acids is 2. The molecule has 2 amide bonds. The van der Waals surface area contributed by atoms with Crippen LogP contribution in [0.15, 0.2) is 28.8 Å². The van der Waals surface area contributed by atoms with Gasteiger partial charge in [0.1, 0.15) is 0 Å². The largest absolute Gasteiger partial charge is 0.345 e. The second-order valence-electron chi connectivity index (χ2n) is 7.26. The molecule has 0 radical (unpaired) electrons. The van der Waals surface area contributed by atoms with Crippen LogP contribution in [0.4, 0.5) is 0 Å². The predicted molar refractivity (Wildman–Crippen MR) is 101 cm³/mol. The summed E-state index contributed by atoms with van der Waals surface area (Å²) in [5.74, 6) is 1.12. The molecule has 0 saturated carbocycles. The number of nitrogens with zero attached hydrogens (tertiary/aromatic N) is 4. The highest BCUT2D eigenvalue weighted by Gasteiger charge is 2.20. The van der Waals surface area contributed by atoms with Gasteiger partial charge >= 0.3 is 0 Å². The van der Waals surface area contributed by atoms with Crippen molar-refractivity contribution in [1.29, 1.82) is 0 Å². The highest BCUT2D eigenvalue weighted by Crippen LogP contribution is 2.20. The fraction of sp³-hybridized carbons (Fsp3) is 0.500. The average molecular weight is 370 g/mol. The van der Waals surface area contributed by atoms with Gasteiger partial charge in [0.2, 0.25) is 5.91 Å². The third-order valence-electron chi connectivity index (χ3n) is 4.78. The molecule has 3 rings (SSSR count). The first-order valence-electron chi connectivity index (χ1n) is 9.43. The zero-order valence-electron chi connectivity index (χ0n) is 16.1. The molecule has 1 aromatic carbocycles. The van der Waals surface area contributed by atoms with Crippen LogP contribution in [0.25, 0.3) is 11.5 Å². The standard InChI is InChI=1S/C20H26N4O3/c1-14(2)19(25)23(3)13-10-17-21-18(27-22-17)15-6-8-16(9-7-15)20(26)24-11-4-5-12-24/h6-9,14H,4-5,10-13H2,1-3H3. The topological polar surface area (TPSA) is 79.5 Å². The quantitative estimate of drug-likeness (QED) is 0.781. The van der Waals surface area contributed by atoms with Crippen LogP contribution in [0, 0.1) is 5.92 Å². The summed E-state index contributed by atoms with van der Waals surface area (Å²) in [6.45, 7) is 5.97. The zero-order valence-corrected chi connectivity index (χ0v) is 16.1. The van der Waals surface area contributed by atoms with Crippen molar-refractivity contribution in [3.63, 3.8) is 0 Å². The van der Waals surface area contributed by atoms with E-state index >= 15 is 0 Å². The van der Waals surface area contributed by atoms with Gasteiger partial charge in [-0.2, -0.15) is 4.98 Å². The highest BCUT2D eigenvalue weighted by molar-refractivity contribution is 5.94. The Morgan fingerprint density at radius 2 is 1.85 bits per heavy atom. The molecule has 0 aliphatic carbocycles. The van der Waals surface area contributed by atoms with E-state index in [0.717, 1.165) is 31.5 Å². The molecule has 0 spiro atoms. The van der Waals surface area contributed by atoms with Crippen LogP contribution in [-0.4, -0.2) is 58.4 Å². The van der Waals surface area contributed by atoms with Crippen LogP contribution in [0.5, 0.6) is 0 Å².